The monoisotopic (exact) mass is 245 g/mol. The van der Waals surface area contributed by atoms with Crippen molar-refractivity contribution in [1.29, 1.82) is 0 Å². The lowest BCUT2D eigenvalue weighted by Crippen LogP contribution is -2.33. The summed E-state index contributed by atoms with van der Waals surface area (Å²) in [4.78, 5) is 11.0. The van der Waals surface area contributed by atoms with Crippen molar-refractivity contribution in [3.05, 3.63) is 18.5 Å². The average Bonchev–Trinajstić information content (AvgIpc) is 2.98. The quantitative estimate of drug-likeness (QED) is 0.890. The molecule has 0 aromatic carbocycles. The number of anilines is 1. The van der Waals surface area contributed by atoms with Crippen molar-refractivity contribution in [2.24, 2.45) is 0 Å². The van der Waals surface area contributed by atoms with Crippen LogP contribution in [0.3, 0.4) is 0 Å². The lowest BCUT2D eigenvalue weighted by Gasteiger charge is -2.24. The molecule has 0 aliphatic carbocycles. The Bertz CT molecular complexity index is 541. The van der Waals surface area contributed by atoms with Crippen LogP contribution in [-0.2, 0) is 6.54 Å². The third kappa shape index (κ3) is 1.95. The maximum Gasteiger partial charge on any atom is 0.201 e. The Labute approximate surface area is 107 Å². The van der Waals surface area contributed by atoms with Crippen molar-refractivity contribution in [1.82, 2.24) is 19.4 Å². The lowest BCUT2D eigenvalue weighted by atomic mass is 10.3. The molecule has 2 N–H and O–H groups in total. The molecule has 5 heteroatoms. The number of hydrogen-bond acceptors (Lipinski definition) is 4. The molecule has 18 heavy (non-hydrogen) atoms. The number of pyridine rings is 1. The first-order chi connectivity index (χ1) is 8.75. The van der Waals surface area contributed by atoms with Crippen LogP contribution >= 0.6 is 0 Å². The van der Waals surface area contributed by atoms with E-state index in [0.29, 0.717) is 12.0 Å². The zero-order chi connectivity index (χ0) is 12.5. The summed E-state index contributed by atoms with van der Waals surface area (Å²) in [7, 11) is 0. The van der Waals surface area contributed by atoms with E-state index >= 15 is 0 Å². The molecule has 2 aromatic heterocycles. The molecular formula is C13H19N5. The van der Waals surface area contributed by atoms with Crippen LogP contribution in [0, 0.1) is 0 Å². The second-order valence-electron chi connectivity index (χ2n) is 5.04. The van der Waals surface area contributed by atoms with Gasteiger partial charge in [0.05, 0.1) is 11.7 Å². The number of rotatable bonds is 3. The first-order valence-corrected chi connectivity index (χ1v) is 6.55. The van der Waals surface area contributed by atoms with Gasteiger partial charge in [-0.3, -0.25) is 9.88 Å². The highest BCUT2D eigenvalue weighted by Crippen LogP contribution is 2.19. The van der Waals surface area contributed by atoms with Gasteiger partial charge in [-0.05, 0) is 38.9 Å². The zero-order valence-corrected chi connectivity index (χ0v) is 10.7. The highest BCUT2D eigenvalue weighted by Gasteiger charge is 2.20. The second-order valence-corrected chi connectivity index (χ2v) is 5.04. The van der Waals surface area contributed by atoms with E-state index in [1.807, 2.05) is 6.07 Å². The number of nitrogen functional groups attached to an aromatic ring is 1. The summed E-state index contributed by atoms with van der Waals surface area (Å²) in [6, 6.07) is 2.48. The smallest absolute Gasteiger partial charge is 0.201 e. The molecular weight excluding hydrogens is 226 g/mol. The molecule has 1 aliphatic rings. The molecule has 1 aliphatic heterocycles. The summed E-state index contributed by atoms with van der Waals surface area (Å²) in [6.45, 7) is 5.56. The largest absolute Gasteiger partial charge is 0.369 e. The third-order valence-corrected chi connectivity index (χ3v) is 3.79. The summed E-state index contributed by atoms with van der Waals surface area (Å²) in [6.07, 6.45) is 6.19. The minimum Gasteiger partial charge on any atom is -0.369 e. The van der Waals surface area contributed by atoms with E-state index < -0.39 is 0 Å². The number of hydrogen-bond donors (Lipinski definition) is 1. The Morgan fingerprint density at radius 2 is 2.17 bits per heavy atom. The van der Waals surface area contributed by atoms with Crippen LogP contribution in [0.25, 0.3) is 11.0 Å². The zero-order valence-electron chi connectivity index (χ0n) is 10.7. The normalized spacial score (nSPS) is 18.5. The number of fused-ring (bicyclic) bond motifs is 1. The van der Waals surface area contributed by atoms with Crippen LogP contribution < -0.4 is 5.73 Å². The van der Waals surface area contributed by atoms with Crippen LogP contribution in [0.1, 0.15) is 19.8 Å². The molecule has 1 unspecified atom stereocenters. The molecule has 0 saturated carbocycles. The SMILES string of the molecule is CC(Cn1c(N)nc2cnccc21)N1CCCC1. The number of likely N-dealkylation sites (tertiary alicyclic amines) is 1. The molecule has 1 saturated heterocycles. The first kappa shape index (κ1) is 11.5. The fraction of sp³-hybridized carbons (Fsp3) is 0.538. The Morgan fingerprint density at radius 1 is 1.39 bits per heavy atom. The summed E-state index contributed by atoms with van der Waals surface area (Å²) in [5.41, 5.74) is 7.96. The van der Waals surface area contributed by atoms with Gasteiger partial charge in [0.2, 0.25) is 5.95 Å². The van der Waals surface area contributed by atoms with Gasteiger partial charge in [0.15, 0.2) is 0 Å². The summed E-state index contributed by atoms with van der Waals surface area (Å²) in [5, 5.41) is 0. The van der Waals surface area contributed by atoms with Gasteiger partial charge in [-0.2, -0.15) is 0 Å². The first-order valence-electron chi connectivity index (χ1n) is 6.55. The minimum atomic E-state index is 0.500. The Hall–Kier alpha value is -1.62. The van der Waals surface area contributed by atoms with E-state index in [1.165, 1.54) is 25.9 Å². The van der Waals surface area contributed by atoms with Crippen LogP contribution in [0.5, 0.6) is 0 Å². The Kier molecular flexibility index (Phi) is 2.91. The van der Waals surface area contributed by atoms with Crippen molar-refractivity contribution < 1.29 is 0 Å². The van der Waals surface area contributed by atoms with Crippen LogP contribution in [0.15, 0.2) is 18.5 Å². The number of nitrogens with zero attached hydrogens (tertiary/aromatic N) is 4. The number of imidazole rings is 1. The maximum atomic E-state index is 6.01. The van der Waals surface area contributed by atoms with E-state index in [0.717, 1.165) is 17.6 Å². The highest BCUT2D eigenvalue weighted by molar-refractivity contribution is 5.77. The van der Waals surface area contributed by atoms with Crippen LogP contribution in [0.2, 0.25) is 0 Å². The molecule has 0 amide bonds. The molecule has 96 valence electrons. The fourth-order valence-corrected chi connectivity index (χ4v) is 2.75. The van der Waals surface area contributed by atoms with E-state index in [-0.39, 0.29) is 0 Å². The van der Waals surface area contributed by atoms with Gasteiger partial charge in [-0.15, -0.1) is 0 Å². The predicted octanol–water partition coefficient (Wildman–Crippen LogP) is 1.50. The second kappa shape index (κ2) is 4.57. The predicted molar refractivity (Wildman–Crippen MR) is 72.2 cm³/mol. The minimum absolute atomic E-state index is 0.500. The molecule has 0 radical (unpaired) electrons. The molecule has 3 rings (SSSR count). The molecule has 1 atom stereocenters. The summed E-state index contributed by atoms with van der Waals surface area (Å²) < 4.78 is 2.10. The van der Waals surface area contributed by atoms with Crippen LogP contribution in [-0.4, -0.2) is 38.6 Å². The third-order valence-electron chi connectivity index (χ3n) is 3.79. The van der Waals surface area contributed by atoms with Gasteiger partial charge in [-0.1, -0.05) is 0 Å². The Balaban J connectivity index is 1.87. The maximum absolute atomic E-state index is 6.01. The van der Waals surface area contributed by atoms with Gasteiger partial charge in [-0.25, -0.2) is 4.98 Å². The van der Waals surface area contributed by atoms with Crippen molar-refractivity contribution in [3.8, 4) is 0 Å². The molecule has 5 nitrogen and oxygen atoms in total. The van der Waals surface area contributed by atoms with Gasteiger partial charge in [0.1, 0.15) is 5.52 Å². The van der Waals surface area contributed by atoms with Crippen molar-refractivity contribution in [2.45, 2.75) is 32.4 Å². The van der Waals surface area contributed by atoms with Crippen molar-refractivity contribution >= 4 is 17.0 Å². The van der Waals surface area contributed by atoms with E-state index in [9.17, 15) is 0 Å². The van der Waals surface area contributed by atoms with Crippen LogP contribution in [0.4, 0.5) is 5.95 Å². The molecule has 0 spiro atoms. The lowest BCUT2D eigenvalue weighted by molar-refractivity contribution is 0.238. The van der Waals surface area contributed by atoms with Crippen molar-refractivity contribution in [3.63, 3.8) is 0 Å². The van der Waals surface area contributed by atoms with E-state index in [4.69, 9.17) is 5.73 Å². The number of aromatic nitrogens is 3. The van der Waals surface area contributed by atoms with Gasteiger partial charge in [0.25, 0.3) is 0 Å². The summed E-state index contributed by atoms with van der Waals surface area (Å²) in [5.74, 6) is 0.587. The van der Waals surface area contributed by atoms with E-state index in [1.54, 1.807) is 12.4 Å². The summed E-state index contributed by atoms with van der Waals surface area (Å²) >= 11 is 0. The Morgan fingerprint density at radius 3 is 2.94 bits per heavy atom. The van der Waals surface area contributed by atoms with Gasteiger partial charge < -0.3 is 10.3 Å². The molecule has 0 bridgehead atoms. The molecule has 3 heterocycles. The topological polar surface area (TPSA) is 60.0 Å². The van der Waals surface area contributed by atoms with Gasteiger partial charge in [0, 0.05) is 18.8 Å². The molecule has 2 aromatic rings. The highest BCUT2D eigenvalue weighted by atomic mass is 15.2. The molecule has 1 fully saturated rings. The number of nitrogens with two attached hydrogens (primary N) is 1. The standard InChI is InChI=1S/C13H19N5/c1-10(17-6-2-3-7-17)9-18-12-4-5-15-8-11(12)16-13(18)14/h4-5,8,10H,2-3,6-7,9H2,1H3,(H2,14,16). The average molecular weight is 245 g/mol. The fourth-order valence-electron chi connectivity index (χ4n) is 2.75. The van der Waals surface area contributed by atoms with Gasteiger partial charge >= 0.3 is 0 Å². The van der Waals surface area contributed by atoms with E-state index in [2.05, 4.69) is 26.4 Å². The van der Waals surface area contributed by atoms with Crippen molar-refractivity contribution in [2.75, 3.05) is 18.8 Å².